The minimum atomic E-state index is -4.56. The summed E-state index contributed by atoms with van der Waals surface area (Å²) < 4.78 is 83.4. The van der Waals surface area contributed by atoms with Crippen molar-refractivity contribution in [2.45, 2.75) is 57.0 Å². The number of hydrogen-bond acceptors (Lipinski definition) is 5. The lowest BCUT2D eigenvalue weighted by Crippen LogP contribution is -2.61. The van der Waals surface area contributed by atoms with Crippen molar-refractivity contribution in [1.29, 1.82) is 0 Å². The highest BCUT2D eigenvalue weighted by Gasteiger charge is 2.42. The van der Waals surface area contributed by atoms with Crippen LogP contribution in [0, 0.1) is 5.92 Å². The quantitative estimate of drug-likeness (QED) is 0.260. The third-order valence-electron chi connectivity index (χ3n) is 7.69. The zero-order chi connectivity index (χ0) is 30.7. The van der Waals surface area contributed by atoms with Gasteiger partial charge in [-0.05, 0) is 67.8 Å². The molecular weight excluding hydrogens is 604 g/mol. The molecule has 2 fully saturated rings. The number of benzene rings is 2. The van der Waals surface area contributed by atoms with Gasteiger partial charge in [0.2, 0.25) is 11.8 Å². The van der Waals surface area contributed by atoms with E-state index in [2.05, 4.69) is 5.32 Å². The second-order valence-corrected chi connectivity index (χ2v) is 10.6. The Hall–Kier alpha value is -3.32. The monoisotopic (exact) mass is 635 g/mol. The van der Waals surface area contributed by atoms with E-state index in [0.717, 1.165) is 55.8 Å². The normalized spacial score (nSPS) is 19.9. The summed E-state index contributed by atoms with van der Waals surface area (Å²) in [7, 11) is 0. The zero-order valence-corrected chi connectivity index (χ0v) is 24.0. The molecule has 3 atom stereocenters. The van der Waals surface area contributed by atoms with Crippen LogP contribution in [0.2, 0.25) is 0 Å². The van der Waals surface area contributed by atoms with E-state index in [9.17, 15) is 40.7 Å². The summed E-state index contributed by atoms with van der Waals surface area (Å²) in [6, 6.07) is 7.00. The van der Waals surface area contributed by atoms with Gasteiger partial charge in [-0.15, -0.1) is 12.4 Å². The van der Waals surface area contributed by atoms with Gasteiger partial charge in [-0.25, -0.2) is 0 Å². The van der Waals surface area contributed by atoms with Crippen molar-refractivity contribution < 1.29 is 45.5 Å². The van der Waals surface area contributed by atoms with Gasteiger partial charge in [0, 0.05) is 32.6 Å². The van der Waals surface area contributed by atoms with E-state index in [1.165, 1.54) is 28.9 Å². The minimum absolute atomic E-state index is 0. The molecule has 2 amide bonds. The maximum atomic E-state index is 13.6. The lowest BCUT2D eigenvalue weighted by atomic mass is 9.88. The second kappa shape index (κ2) is 14.0. The highest BCUT2D eigenvalue weighted by atomic mass is 35.5. The van der Waals surface area contributed by atoms with Crippen LogP contribution in [0.3, 0.4) is 0 Å². The van der Waals surface area contributed by atoms with E-state index in [1.807, 2.05) is 0 Å². The molecule has 14 heteroatoms. The first-order valence-electron chi connectivity index (χ1n) is 13.6. The van der Waals surface area contributed by atoms with Crippen LogP contribution in [0.15, 0.2) is 48.5 Å². The number of piperazine rings is 1. The molecule has 2 aromatic rings. The Morgan fingerprint density at radius 1 is 0.930 bits per heavy atom. The summed E-state index contributed by atoms with van der Waals surface area (Å²) in [5, 5.41) is 3.30. The van der Waals surface area contributed by atoms with Crippen molar-refractivity contribution in [2.75, 3.05) is 26.2 Å². The van der Waals surface area contributed by atoms with Gasteiger partial charge in [0.05, 0.1) is 29.5 Å². The number of carbonyl (C=O) groups excluding carboxylic acids is 3. The Kier molecular flexibility index (Phi) is 11.1. The molecule has 43 heavy (non-hydrogen) atoms. The fourth-order valence-electron chi connectivity index (χ4n) is 5.42. The predicted molar refractivity (Wildman–Crippen MR) is 146 cm³/mol. The van der Waals surface area contributed by atoms with Gasteiger partial charge < -0.3 is 19.9 Å². The number of esters is 1. The minimum Gasteiger partial charge on any atom is -0.426 e. The summed E-state index contributed by atoms with van der Waals surface area (Å²) in [5.41, 5.74) is -1.40. The van der Waals surface area contributed by atoms with Gasteiger partial charge in [-0.1, -0.05) is 12.1 Å². The van der Waals surface area contributed by atoms with E-state index in [4.69, 9.17) is 4.74 Å². The van der Waals surface area contributed by atoms with Crippen molar-refractivity contribution >= 4 is 30.2 Å². The molecule has 0 aromatic heterocycles. The van der Waals surface area contributed by atoms with Crippen molar-refractivity contribution in [3.05, 3.63) is 65.2 Å². The Morgan fingerprint density at radius 2 is 1.51 bits per heavy atom. The fraction of sp³-hybridized carbons (Fsp3) is 0.483. The van der Waals surface area contributed by atoms with Gasteiger partial charge in [-0.3, -0.25) is 14.4 Å². The molecule has 0 saturated carbocycles. The average molecular weight is 636 g/mol. The van der Waals surface area contributed by atoms with Gasteiger partial charge in [0.1, 0.15) is 5.75 Å². The third-order valence-corrected chi connectivity index (χ3v) is 7.69. The van der Waals surface area contributed by atoms with E-state index in [0.29, 0.717) is 5.56 Å². The number of rotatable bonds is 7. The van der Waals surface area contributed by atoms with Crippen LogP contribution in [-0.4, -0.2) is 65.8 Å². The summed E-state index contributed by atoms with van der Waals surface area (Å²) in [6.07, 6.45) is -7.44. The summed E-state index contributed by atoms with van der Waals surface area (Å²) >= 11 is 0. The van der Waals surface area contributed by atoms with Crippen LogP contribution >= 0.6 is 12.4 Å². The first-order valence-corrected chi connectivity index (χ1v) is 13.6. The molecule has 7 nitrogen and oxygen atoms in total. The maximum absolute atomic E-state index is 13.6. The lowest BCUT2D eigenvalue weighted by molar-refractivity contribution is -0.151. The molecule has 2 aromatic carbocycles. The van der Waals surface area contributed by atoms with Crippen LogP contribution in [0.5, 0.6) is 5.75 Å². The molecule has 2 saturated heterocycles. The number of halogens is 7. The fourth-order valence-corrected chi connectivity index (χ4v) is 5.42. The molecule has 2 aliphatic rings. The number of nitrogens with one attached hydrogen (secondary N) is 1. The van der Waals surface area contributed by atoms with Crippen LogP contribution < -0.4 is 10.1 Å². The molecule has 236 valence electrons. The topological polar surface area (TPSA) is 79.0 Å². The highest BCUT2D eigenvalue weighted by Crippen LogP contribution is 2.32. The van der Waals surface area contributed by atoms with Crippen molar-refractivity contribution in [3.63, 3.8) is 0 Å². The molecule has 0 radical (unpaired) electrons. The van der Waals surface area contributed by atoms with E-state index >= 15 is 0 Å². The zero-order valence-electron chi connectivity index (χ0n) is 23.2. The Bertz CT molecular complexity index is 1260. The first kappa shape index (κ1) is 34.2. The number of nitrogens with zero attached hydrogens (tertiary/aromatic N) is 2. The third kappa shape index (κ3) is 8.85. The molecule has 0 aliphatic carbocycles. The van der Waals surface area contributed by atoms with Gasteiger partial charge in [0.25, 0.3) is 0 Å². The molecule has 3 unspecified atom stereocenters. The highest BCUT2D eigenvalue weighted by molar-refractivity contribution is 5.85. The Balaban J connectivity index is 0.00000506. The summed E-state index contributed by atoms with van der Waals surface area (Å²) in [4.78, 5) is 42.4. The van der Waals surface area contributed by atoms with E-state index in [-0.39, 0.29) is 62.6 Å². The average Bonchev–Trinajstić information content (AvgIpc) is 3.44. The number of amides is 2. The van der Waals surface area contributed by atoms with Crippen LogP contribution in [0.25, 0.3) is 0 Å². The smallest absolute Gasteiger partial charge is 0.416 e. The molecule has 0 spiro atoms. The number of hydrogen-bond donors (Lipinski definition) is 1. The molecule has 2 heterocycles. The maximum Gasteiger partial charge on any atom is 0.416 e. The summed E-state index contributed by atoms with van der Waals surface area (Å²) in [5.74, 6) is -2.50. The molecular formula is C29H32ClF6N3O4. The number of alkyl halides is 6. The standard InChI is InChI=1S/C29H31F6N3O4.ClH/c1-18(39)37-13-14-38(26(40)15-19-4-6-20(7-5-19)28(30,31)32)25(17-37)24(16-22-3-2-12-36-22)27(41)42-23-10-8-21(9-11-23)29(33,34)35;/h4-11,22,24-25,36H,2-3,12-17H2,1H3;1H. The van der Waals surface area contributed by atoms with Gasteiger partial charge in [0.15, 0.2) is 0 Å². The van der Waals surface area contributed by atoms with Crippen LogP contribution in [0.4, 0.5) is 26.3 Å². The van der Waals surface area contributed by atoms with Gasteiger partial charge >= 0.3 is 18.3 Å². The molecule has 1 N–H and O–H groups in total. The van der Waals surface area contributed by atoms with Crippen molar-refractivity contribution in [3.8, 4) is 5.75 Å². The lowest BCUT2D eigenvalue weighted by Gasteiger charge is -2.44. The van der Waals surface area contributed by atoms with Crippen molar-refractivity contribution in [2.24, 2.45) is 5.92 Å². The van der Waals surface area contributed by atoms with E-state index in [1.54, 1.807) is 0 Å². The van der Waals surface area contributed by atoms with Crippen molar-refractivity contribution in [1.82, 2.24) is 15.1 Å². The molecule has 4 rings (SSSR count). The molecule has 0 bridgehead atoms. The molecule has 2 aliphatic heterocycles. The Morgan fingerprint density at radius 3 is 2.02 bits per heavy atom. The van der Waals surface area contributed by atoms with Crippen LogP contribution in [-0.2, 0) is 33.2 Å². The largest absolute Gasteiger partial charge is 0.426 e. The number of ether oxygens (including phenoxy) is 1. The van der Waals surface area contributed by atoms with E-state index < -0.39 is 47.3 Å². The SMILES string of the molecule is CC(=O)N1CCN(C(=O)Cc2ccc(C(F)(F)F)cc2)C(C(CC2CCCN2)C(=O)Oc2ccc(C(F)(F)F)cc2)C1.Cl. The number of carbonyl (C=O) groups is 3. The second-order valence-electron chi connectivity index (χ2n) is 10.6. The summed E-state index contributed by atoms with van der Waals surface area (Å²) in [6.45, 7) is 2.41. The predicted octanol–water partition coefficient (Wildman–Crippen LogP) is 5.11. The Labute approximate surface area is 250 Å². The van der Waals surface area contributed by atoms with Crippen LogP contribution in [0.1, 0.15) is 42.9 Å². The van der Waals surface area contributed by atoms with Gasteiger partial charge in [-0.2, -0.15) is 26.3 Å². The first-order chi connectivity index (χ1) is 19.7.